The Hall–Kier alpha value is -1.64. The molecule has 1 aliphatic heterocycles. The van der Waals surface area contributed by atoms with E-state index in [-0.39, 0.29) is 19.2 Å². The van der Waals surface area contributed by atoms with Crippen LogP contribution in [0.1, 0.15) is 6.42 Å². The van der Waals surface area contributed by atoms with Crippen molar-refractivity contribution in [2.45, 2.75) is 12.5 Å². The highest BCUT2D eigenvalue weighted by molar-refractivity contribution is 5.53. The van der Waals surface area contributed by atoms with Crippen LogP contribution in [0.5, 0.6) is 0 Å². The van der Waals surface area contributed by atoms with Gasteiger partial charge in [-0.25, -0.2) is 0 Å². The average molecular weight is 296 g/mol. The quantitative estimate of drug-likeness (QED) is 0.527. The fourth-order valence-corrected chi connectivity index (χ4v) is 2.50. The predicted molar refractivity (Wildman–Crippen MR) is 82.4 cm³/mol. The van der Waals surface area contributed by atoms with E-state index in [1.165, 1.54) is 0 Å². The maximum absolute atomic E-state index is 9.15. The molecule has 0 radical (unpaired) electrons. The number of nitrogens with one attached hydrogen (secondary N) is 1. The monoisotopic (exact) mass is 296 g/mol. The molecular weight excluding hydrogens is 272 g/mol. The summed E-state index contributed by atoms with van der Waals surface area (Å²) in [5.41, 5.74) is 5.76. The number of rotatable bonds is 6. The van der Waals surface area contributed by atoms with Crippen LogP contribution >= 0.6 is 0 Å². The number of anilines is 3. The fraction of sp³-hybridized carbons (Fsp3) is 0.692. The molecule has 1 aromatic rings. The van der Waals surface area contributed by atoms with Gasteiger partial charge in [-0.1, -0.05) is 0 Å². The molecule has 0 saturated carbocycles. The van der Waals surface area contributed by atoms with Gasteiger partial charge in [-0.3, -0.25) is 4.90 Å². The molecule has 1 atom stereocenters. The smallest absolute Gasteiger partial charge is 0.223 e. The van der Waals surface area contributed by atoms with Gasteiger partial charge < -0.3 is 26.2 Å². The third-order valence-electron chi connectivity index (χ3n) is 3.71. The molecule has 1 aliphatic rings. The van der Waals surface area contributed by atoms with Crippen LogP contribution in [0.2, 0.25) is 0 Å². The molecule has 5 N–H and O–H groups in total. The minimum Gasteiger partial charge on any atom is -0.396 e. The zero-order valence-corrected chi connectivity index (χ0v) is 12.4. The zero-order valence-electron chi connectivity index (χ0n) is 12.4. The highest BCUT2D eigenvalue weighted by atomic mass is 16.3. The van der Waals surface area contributed by atoms with Crippen LogP contribution < -0.4 is 16.0 Å². The predicted octanol–water partition coefficient (Wildman–Crippen LogP) is -1.03. The molecule has 0 unspecified atom stereocenters. The van der Waals surface area contributed by atoms with E-state index in [9.17, 15) is 0 Å². The van der Waals surface area contributed by atoms with Crippen LogP contribution in [-0.4, -0.2) is 77.6 Å². The van der Waals surface area contributed by atoms with Gasteiger partial charge >= 0.3 is 0 Å². The molecule has 0 amide bonds. The van der Waals surface area contributed by atoms with Crippen molar-refractivity contribution in [2.24, 2.45) is 0 Å². The van der Waals surface area contributed by atoms with Crippen molar-refractivity contribution in [3.05, 3.63) is 6.07 Å². The molecule has 21 heavy (non-hydrogen) atoms. The average Bonchev–Trinajstić information content (AvgIpc) is 2.47. The Morgan fingerprint density at radius 3 is 2.86 bits per heavy atom. The standard InChI is InChI=1S/C13H24N6O2/c1-18-4-5-19(9-10(18)2-6-20)12-8-11(15-3-7-21)16-13(14)17-12/h8,10,20-21H,2-7,9H2,1H3,(H3,14,15,16,17)/t10-/m1/s1. The largest absolute Gasteiger partial charge is 0.396 e. The Morgan fingerprint density at radius 1 is 1.33 bits per heavy atom. The number of piperazine rings is 1. The maximum Gasteiger partial charge on any atom is 0.223 e. The van der Waals surface area contributed by atoms with Crippen molar-refractivity contribution >= 4 is 17.6 Å². The number of aliphatic hydroxyl groups excluding tert-OH is 2. The van der Waals surface area contributed by atoms with Crippen molar-refractivity contribution in [3.8, 4) is 0 Å². The summed E-state index contributed by atoms with van der Waals surface area (Å²) >= 11 is 0. The third kappa shape index (κ3) is 4.16. The van der Waals surface area contributed by atoms with Gasteiger partial charge in [-0.15, -0.1) is 0 Å². The molecule has 0 aliphatic carbocycles. The minimum absolute atomic E-state index is 0.0341. The highest BCUT2D eigenvalue weighted by Crippen LogP contribution is 2.21. The molecule has 8 nitrogen and oxygen atoms in total. The van der Waals surface area contributed by atoms with Gasteiger partial charge in [0.05, 0.1) is 6.61 Å². The van der Waals surface area contributed by atoms with Gasteiger partial charge in [-0.05, 0) is 13.5 Å². The van der Waals surface area contributed by atoms with Crippen molar-refractivity contribution in [1.82, 2.24) is 14.9 Å². The van der Waals surface area contributed by atoms with Crippen molar-refractivity contribution < 1.29 is 10.2 Å². The number of hydrogen-bond acceptors (Lipinski definition) is 8. The first kappa shape index (κ1) is 15.7. The Kier molecular flexibility index (Phi) is 5.54. The van der Waals surface area contributed by atoms with Crippen LogP contribution in [0.15, 0.2) is 6.07 Å². The topological polar surface area (TPSA) is 111 Å². The number of nitrogen functional groups attached to an aromatic ring is 1. The van der Waals surface area contributed by atoms with Crippen LogP contribution in [0.4, 0.5) is 17.6 Å². The van der Waals surface area contributed by atoms with Crippen LogP contribution in [0.25, 0.3) is 0 Å². The third-order valence-corrected chi connectivity index (χ3v) is 3.71. The first-order chi connectivity index (χ1) is 10.1. The maximum atomic E-state index is 9.15. The molecule has 0 aromatic carbocycles. The van der Waals surface area contributed by atoms with Crippen LogP contribution in [0, 0.1) is 0 Å². The van der Waals surface area contributed by atoms with Crippen molar-refractivity contribution in [1.29, 1.82) is 0 Å². The minimum atomic E-state index is 0.0341. The first-order valence-electron chi connectivity index (χ1n) is 7.19. The molecule has 0 spiro atoms. The summed E-state index contributed by atoms with van der Waals surface area (Å²) in [7, 11) is 2.07. The van der Waals surface area contributed by atoms with Gasteiger partial charge in [0.15, 0.2) is 0 Å². The summed E-state index contributed by atoms with van der Waals surface area (Å²) in [6, 6.07) is 2.14. The lowest BCUT2D eigenvalue weighted by atomic mass is 10.1. The number of hydrogen-bond donors (Lipinski definition) is 4. The van der Waals surface area contributed by atoms with Gasteiger partial charge in [0.25, 0.3) is 0 Å². The Labute approximate surface area is 124 Å². The van der Waals surface area contributed by atoms with E-state index in [2.05, 4.69) is 32.1 Å². The number of nitrogens with two attached hydrogens (primary N) is 1. The van der Waals surface area contributed by atoms with E-state index in [0.717, 1.165) is 31.9 Å². The number of aromatic nitrogens is 2. The molecule has 2 rings (SSSR count). The van der Waals surface area contributed by atoms with E-state index in [0.29, 0.717) is 18.4 Å². The lowest BCUT2D eigenvalue weighted by Gasteiger charge is -2.40. The Morgan fingerprint density at radius 2 is 2.14 bits per heavy atom. The van der Waals surface area contributed by atoms with Crippen molar-refractivity contribution in [2.75, 3.05) is 62.4 Å². The molecule has 118 valence electrons. The second kappa shape index (κ2) is 7.39. The summed E-state index contributed by atoms with van der Waals surface area (Å²) in [5, 5.41) is 21.0. The second-order valence-corrected chi connectivity index (χ2v) is 5.21. The highest BCUT2D eigenvalue weighted by Gasteiger charge is 2.25. The van der Waals surface area contributed by atoms with Crippen LogP contribution in [-0.2, 0) is 0 Å². The first-order valence-corrected chi connectivity index (χ1v) is 7.19. The Balaban J connectivity index is 2.11. The van der Waals surface area contributed by atoms with Crippen molar-refractivity contribution in [3.63, 3.8) is 0 Å². The zero-order chi connectivity index (χ0) is 15.2. The molecule has 8 heteroatoms. The molecule has 0 bridgehead atoms. The SMILES string of the molecule is CN1CCN(c2cc(NCCO)nc(N)n2)C[C@H]1CCO. The van der Waals surface area contributed by atoms with Gasteiger partial charge in [0, 0.05) is 44.9 Å². The number of nitrogens with zero attached hydrogens (tertiary/aromatic N) is 4. The molecule has 2 heterocycles. The van der Waals surface area contributed by atoms with E-state index < -0.39 is 0 Å². The van der Waals surface area contributed by atoms with E-state index >= 15 is 0 Å². The second-order valence-electron chi connectivity index (χ2n) is 5.21. The number of likely N-dealkylation sites (N-methyl/N-ethyl adjacent to an activating group) is 1. The molecule has 1 fully saturated rings. The van der Waals surface area contributed by atoms with Crippen LogP contribution in [0.3, 0.4) is 0 Å². The van der Waals surface area contributed by atoms with E-state index in [1.54, 1.807) is 0 Å². The van der Waals surface area contributed by atoms with Gasteiger partial charge in [0.2, 0.25) is 5.95 Å². The number of aliphatic hydroxyl groups is 2. The van der Waals surface area contributed by atoms with E-state index in [4.69, 9.17) is 15.9 Å². The summed E-state index contributed by atoms with van der Waals surface area (Å²) in [5.74, 6) is 1.61. The molecular formula is C13H24N6O2. The Bertz CT molecular complexity index is 458. The summed E-state index contributed by atoms with van der Waals surface area (Å²) in [4.78, 5) is 12.8. The normalized spacial score (nSPS) is 19.8. The molecule has 1 saturated heterocycles. The lowest BCUT2D eigenvalue weighted by molar-refractivity contribution is 0.170. The lowest BCUT2D eigenvalue weighted by Crippen LogP contribution is -2.52. The van der Waals surface area contributed by atoms with Gasteiger partial charge in [-0.2, -0.15) is 9.97 Å². The van der Waals surface area contributed by atoms with Gasteiger partial charge in [0.1, 0.15) is 11.6 Å². The summed E-state index contributed by atoms with van der Waals surface area (Å²) in [6.07, 6.45) is 0.739. The molecule has 1 aromatic heterocycles. The summed E-state index contributed by atoms with van der Waals surface area (Å²) in [6.45, 7) is 3.20. The fourth-order valence-electron chi connectivity index (χ4n) is 2.50. The van der Waals surface area contributed by atoms with E-state index in [1.807, 2.05) is 6.07 Å². The summed E-state index contributed by atoms with van der Waals surface area (Å²) < 4.78 is 0.